The molecule has 0 aromatic heterocycles. The lowest BCUT2D eigenvalue weighted by Gasteiger charge is -2.19. The highest BCUT2D eigenvalue weighted by Crippen LogP contribution is 2.43. The summed E-state index contributed by atoms with van der Waals surface area (Å²) in [7, 11) is -4.37. The molecule has 0 fully saturated rings. The average molecular weight is 788 g/mol. The van der Waals surface area contributed by atoms with E-state index in [0.29, 0.717) is 6.42 Å². The van der Waals surface area contributed by atoms with Crippen molar-refractivity contribution in [2.45, 2.75) is 232 Å². The molecule has 0 aromatic rings. The molecule has 54 heavy (non-hydrogen) atoms. The third kappa shape index (κ3) is 40.4. The molecule has 0 aliphatic heterocycles. The Balaban J connectivity index is 4.08. The Labute approximate surface area is 332 Å². The molecule has 0 saturated carbocycles. The monoisotopic (exact) mass is 788 g/mol. The number of phosphoric acid groups is 1. The summed E-state index contributed by atoms with van der Waals surface area (Å²) >= 11 is 0. The van der Waals surface area contributed by atoms with E-state index < -0.39 is 26.5 Å². The van der Waals surface area contributed by atoms with Crippen LogP contribution in [-0.4, -0.2) is 49.3 Å². The van der Waals surface area contributed by atoms with Crippen LogP contribution in [-0.2, 0) is 32.7 Å². The zero-order valence-corrected chi connectivity index (χ0v) is 36.1. The molecule has 0 aliphatic carbocycles. The van der Waals surface area contributed by atoms with E-state index in [4.69, 9.17) is 24.3 Å². The van der Waals surface area contributed by atoms with Gasteiger partial charge in [0.2, 0.25) is 0 Å². The van der Waals surface area contributed by atoms with Crippen molar-refractivity contribution >= 4 is 19.8 Å². The molecule has 0 spiro atoms. The van der Waals surface area contributed by atoms with E-state index in [9.17, 15) is 19.0 Å². The topological polar surface area (TPSA) is 134 Å². The van der Waals surface area contributed by atoms with E-state index in [1.165, 1.54) is 161 Å². The van der Waals surface area contributed by atoms with Crippen LogP contribution < -0.4 is 5.73 Å². The van der Waals surface area contributed by atoms with E-state index in [-0.39, 0.29) is 38.6 Å². The van der Waals surface area contributed by atoms with Crippen molar-refractivity contribution in [3.8, 4) is 0 Å². The van der Waals surface area contributed by atoms with Crippen molar-refractivity contribution in [2.24, 2.45) is 5.73 Å². The van der Waals surface area contributed by atoms with Crippen LogP contribution in [0.2, 0.25) is 0 Å². The maximum Gasteiger partial charge on any atom is 0.472 e. The Morgan fingerprint density at radius 2 is 0.907 bits per heavy atom. The first-order valence-electron chi connectivity index (χ1n) is 22.7. The largest absolute Gasteiger partial charge is 0.472 e. The SMILES string of the molecule is CCCCCCCCCC/C=C\CCCCCCCCCC(=O)OC[C@H](COP(=O)(O)OCCN)OC(=O)CCCCCCCCCCCCCCCC. The number of rotatable bonds is 43. The van der Waals surface area contributed by atoms with Crippen molar-refractivity contribution in [1.29, 1.82) is 0 Å². The van der Waals surface area contributed by atoms with Gasteiger partial charge >= 0.3 is 19.8 Å². The van der Waals surface area contributed by atoms with Gasteiger partial charge in [-0.1, -0.05) is 187 Å². The summed E-state index contributed by atoms with van der Waals surface area (Å²) in [4.78, 5) is 34.9. The Bertz CT molecular complexity index is 902. The first kappa shape index (κ1) is 52.8. The summed E-state index contributed by atoms with van der Waals surface area (Å²) in [5.41, 5.74) is 5.35. The molecular weight excluding hydrogens is 701 g/mol. The lowest BCUT2D eigenvalue weighted by Crippen LogP contribution is -2.29. The van der Waals surface area contributed by atoms with E-state index >= 15 is 0 Å². The number of esters is 2. The molecule has 0 rings (SSSR count). The second-order valence-corrected chi connectivity index (χ2v) is 16.7. The highest BCUT2D eigenvalue weighted by molar-refractivity contribution is 7.47. The summed E-state index contributed by atoms with van der Waals surface area (Å²) in [5.74, 6) is -0.822. The minimum atomic E-state index is -4.37. The molecule has 3 N–H and O–H groups in total. The standard InChI is InChI=1S/C44H86NO8P/c1-3-5-7-9-11-13-15-17-19-20-21-22-23-25-26-28-30-32-34-36-43(46)50-40-42(41-52-54(48,49)51-39-38-45)53-44(47)37-35-33-31-29-27-24-18-16-14-12-10-8-6-4-2/h20-21,42H,3-19,22-41,45H2,1-2H3,(H,48,49)/b21-20-/t42-/m1/s1. The van der Waals surface area contributed by atoms with Gasteiger partial charge in [-0.3, -0.25) is 18.6 Å². The number of unbranched alkanes of at least 4 members (excludes halogenated alkanes) is 28. The highest BCUT2D eigenvalue weighted by Gasteiger charge is 2.26. The number of hydrogen-bond acceptors (Lipinski definition) is 8. The number of allylic oxidation sites excluding steroid dienone is 2. The molecule has 10 heteroatoms. The number of ether oxygens (including phenoxy) is 2. The minimum Gasteiger partial charge on any atom is -0.462 e. The molecule has 0 amide bonds. The van der Waals surface area contributed by atoms with Gasteiger partial charge in [0.25, 0.3) is 0 Å². The predicted octanol–water partition coefficient (Wildman–Crippen LogP) is 13.0. The van der Waals surface area contributed by atoms with Crippen LogP contribution in [0, 0.1) is 0 Å². The molecule has 0 heterocycles. The van der Waals surface area contributed by atoms with Gasteiger partial charge in [-0.05, 0) is 38.5 Å². The van der Waals surface area contributed by atoms with Crippen LogP contribution in [0.1, 0.15) is 226 Å². The van der Waals surface area contributed by atoms with Gasteiger partial charge in [-0.15, -0.1) is 0 Å². The van der Waals surface area contributed by atoms with Crippen LogP contribution >= 0.6 is 7.82 Å². The number of carbonyl (C=O) groups excluding carboxylic acids is 2. The minimum absolute atomic E-state index is 0.0558. The van der Waals surface area contributed by atoms with Gasteiger partial charge in [0.15, 0.2) is 6.10 Å². The van der Waals surface area contributed by atoms with Crippen LogP contribution in [0.15, 0.2) is 12.2 Å². The van der Waals surface area contributed by atoms with Crippen LogP contribution in [0.25, 0.3) is 0 Å². The van der Waals surface area contributed by atoms with Crippen molar-refractivity contribution in [3.63, 3.8) is 0 Å². The van der Waals surface area contributed by atoms with Crippen LogP contribution in [0.3, 0.4) is 0 Å². The van der Waals surface area contributed by atoms with E-state index in [1.54, 1.807) is 0 Å². The van der Waals surface area contributed by atoms with Gasteiger partial charge in [-0.2, -0.15) is 0 Å². The fraction of sp³-hybridized carbons (Fsp3) is 0.909. The number of phosphoric ester groups is 1. The van der Waals surface area contributed by atoms with Crippen molar-refractivity contribution in [2.75, 3.05) is 26.4 Å². The summed E-state index contributed by atoms with van der Waals surface area (Å²) in [6.45, 7) is 3.76. The third-order valence-electron chi connectivity index (χ3n) is 9.90. The number of nitrogens with two attached hydrogens (primary N) is 1. The predicted molar refractivity (Wildman–Crippen MR) is 224 cm³/mol. The zero-order chi connectivity index (χ0) is 39.6. The normalized spacial score (nSPS) is 13.3. The Kier molecular flexibility index (Phi) is 40.4. The third-order valence-corrected chi connectivity index (χ3v) is 10.9. The van der Waals surface area contributed by atoms with E-state index in [1.807, 2.05) is 0 Å². The lowest BCUT2D eigenvalue weighted by molar-refractivity contribution is -0.161. The van der Waals surface area contributed by atoms with Crippen molar-refractivity contribution in [1.82, 2.24) is 0 Å². The molecule has 0 radical (unpaired) electrons. The highest BCUT2D eigenvalue weighted by atomic mass is 31.2. The smallest absolute Gasteiger partial charge is 0.462 e. The van der Waals surface area contributed by atoms with Gasteiger partial charge in [0.05, 0.1) is 13.2 Å². The molecular formula is C44H86NO8P. The maximum absolute atomic E-state index is 12.6. The lowest BCUT2D eigenvalue weighted by atomic mass is 10.0. The van der Waals surface area contributed by atoms with E-state index in [0.717, 1.165) is 32.1 Å². The van der Waals surface area contributed by atoms with E-state index in [2.05, 4.69) is 26.0 Å². The van der Waals surface area contributed by atoms with Gasteiger partial charge in [0.1, 0.15) is 6.61 Å². The molecule has 0 saturated heterocycles. The summed E-state index contributed by atoms with van der Waals surface area (Å²) < 4.78 is 32.8. The Morgan fingerprint density at radius 3 is 1.31 bits per heavy atom. The molecule has 2 atom stereocenters. The van der Waals surface area contributed by atoms with Crippen molar-refractivity contribution in [3.05, 3.63) is 12.2 Å². The Morgan fingerprint density at radius 1 is 0.537 bits per heavy atom. The molecule has 320 valence electrons. The number of hydrogen-bond donors (Lipinski definition) is 2. The van der Waals surface area contributed by atoms with Gasteiger partial charge in [-0.25, -0.2) is 4.57 Å². The quantitative estimate of drug-likeness (QED) is 0.0268. The van der Waals surface area contributed by atoms with Crippen LogP contribution in [0.5, 0.6) is 0 Å². The zero-order valence-electron chi connectivity index (χ0n) is 35.2. The molecule has 0 aliphatic rings. The summed E-state index contributed by atoms with van der Waals surface area (Å²) in [5, 5.41) is 0. The first-order chi connectivity index (χ1) is 26.3. The summed E-state index contributed by atoms with van der Waals surface area (Å²) in [6.07, 6.45) is 42.4. The molecule has 0 bridgehead atoms. The first-order valence-corrected chi connectivity index (χ1v) is 24.2. The number of carbonyl (C=O) groups is 2. The maximum atomic E-state index is 12.6. The molecule has 0 aromatic carbocycles. The Hall–Kier alpha value is -1.25. The summed E-state index contributed by atoms with van der Waals surface area (Å²) in [6, 6.07) is 0. The fourth-order valence-electron chi connectivity index (χ4n) is 6.51. The van der Waals surface area contributed by atoms with Crippen LogP contribution in [0.4, 0.5) is 0 Å². The molecule has 1 unspecified atom stereocenters. The average Bonchev–Trinajstić information content (AvgIpc) is 3.16. The second-order valence-electron chi connectivity index (χ2n) is 15.3. The van der Waals surface area contributed by atoms with Gasteiger partial charge in [0, 0.05) is 19.4 Å². The second kappa shape index (κ2) is 41.4. The fourth-order valence-corrected chi connectivity index (χ4v) is 7.28. The van der Waals surface area contributed by atoms with Gasteiger partial charge < -0.3 is 20.1 Å². The van der Waals surface area contributed by atoms with Crippen molar-refractivity contribution < 1.29 is 37.6 Å². The molecule has 9 nitrogen and oxygen atoms in total.